The summed E-state index contributed by atoms with van der Waals surface area (Å²) in [4.78, 5) is 23.7. The van der Waals surface area contributed by atoms with Crippen LogP contribution in [-0.4, -0.2) is 41.8 Å². The number of nitrogens with zero attached hydrogens (tertiary/aromatic N) is 1. The van der Waals surface area contributed by atoms with Crippen LogP contribution in [0.4, 0.5) is 0 Å². The van der Waals surface area contributed by atoms with Crippen LogP contribution in [0.15, 0.2) is 0 Å². The topological polar surface area (TPSA) is 46.6 Å². The second-order valence-electron chi connectivity index (χ2n) is 2.95. The van der Waals surface area contributed by atoms with Crippen LogP contribution in [0.25, 0.3) is 0 Å². The number of carbonyl (C=O) groups is 2. The van der Waals surface area contributed by atoms with E-state index in [-0.39, 0.29) is 23.2 Å². The van der Waals surface area contributed by atoms with E-state index in [4.69, 9.17) is 0 Å². The molecule has 1 rings (SSSR count). The molecule has 0 bridgehead atoms. The van der Waals surface area contributed by atoms with Gasteiger partial charge in [-0.1, -0.05) is 15.9 Å². The molecule has 0 spiro atoms. The first-order chi connectivity index (χ1) is 6.15. The molecule has 0 aromatic rings. The van der Waals surface area contributed by atoms with E-state index < -0.39 is 0 Å². The molecular formula is C8H12BrNO3. The maximum atomic E-state index is 11.4. The number of rotatable bonds is 2. The van der Waals surface area contributed by atoms with Crippen molar-refractivity contribution in [3.05, 3.63) is 0 Å². The highest BCUT2D eigenvalue weighted by Crippen LogP contribution is 2.17. The zero-order valence-electron chi connectivity index (χ0n) is 7.46. The average molecular weight is 250 g/mol. The van der Waals surface area contributed by atoms with E-state index in [1.54, 1.807) is 0 Å². The Morgan fingerprint density at radius 3 is 3.08 bits per heavy atom. The summed E-state index contributed by atoms with van der Waals surface area (Å²) in [5, 5.41) is 0. The summed E-state index contributed by atoms with van der Waals surface area (Å²) in [7, 11) is 1.32. The molecule has 13 heavy (non-hydrogen) atoms. The number of likely N-dealkylation sites (tertiary alicyclic amines) is 1. The van der Waals surface area contributed by atoms with Crippen molar-refractivity contribution in [1.82, 2.24) is 4.90 Å². The largest absolute Gasteiger partial charge is 0.468 e. The Morgan fingerprint density at radius 1 is 1.77 bits per heavy atom. The minimum absolute atomic E-state index is 0.0170. The zero-order valence-corrected chi connectivity index (χ0v) is 9.04. The van der Waals surface area contributed by atoms with Gasteiger partial charge < -0.3 is 9.64 Å². The minimum atomic E-state index is -0.366. The van der Waals surface area contributed by atoms with Crippen LogP contribution in [-0.2, 0) is 14.3 Å². The van der Waals surface area contributed by atoms with E-state index in [0.29, 0.717) is 6.54 Å². The molecule has 5 heteroatoms. The third-order valence-electron chi connectivity index (χ3n) is 2.01. The van der Waals surface area contributed by atoms with E-state index >= 15 is 0 Å². The van der Waals surface area contributed by atoms with Crippen molar-refractivity contribution in [2.75, 3.05) is 20.2 Å². The smallest absolute Gasteiger partial charge is 0.325 e. The fourth-order valence-electron chi connectivity index (χ4n) is 1.27. The van der Waals surface area contributed by atoms with Gasteiger partial charge in [-0.3, -0.25) is 9.59 Å². The second kappa shape index (κ2) is 4.60. The third-order valence-corrected chi connectivity index (χ3v) is 2.86. The van der Waals surface area contributed by atoms with Crippen molar-refractivity contribution < 1.29 is 14.3 Å². The minimum Gasteiger partial charge on any atom is -0.468 e. The summed E-state index contributed by atoms with van der Waals surface area (Å²) in [5.74, 6) is -0.383. The summed E-state index contributed by atoms with van der Waals surface area (Å²) < 4.78 is 4.49. The first kappa shape index (κ1) is 10.5. The number of ether oxygens (including phenoxy) is 1. The highest BCUT2D eigenvalue weighted by molar-refractivity contribution is 9.10. The van der Waals surface area contributed by atoms with Crippen molar-refractivity contribution in [2.45, 2.75) is 17.7 Å². The molecule has 0 aliphatic carbocycles. The maximum Gasteiger partial charge on any atom is 0.325 e. The number of carbonyl (C=O) groups excluding carboxylic acids is 2. The molecule has 1 saturated heterocycles. The lowest BCUT2D eigenvalue weighted by molar-refractivity contribution is -0.147. The molecule has 1 aliphatic heterocycles. The lowest BCUT2D eigenvalue weighted by Crippen LogP contribution is -2.44. The van der Waals surface area contributed by atoms with Crippen LogP contribution in [0.5, 0.6) is 0 Å². The van der Waals surface area contributed by atoms with Crippen LogP contribution in [0.2, 0.25) is 0 Å². The van der Waals surface area contributed by atoms with Crippen LogP contribution in [0.1, 0.15) is 12.8 Å². The Bertz CT molecular complexity index is 219. The summed E-state index contributed by atoms with van der Waals surface area (Å²) >= 11 is 3.26. The second-order valence-corrected chi connectivity index (χ2v) is 4.05. The molecule has 0 N–H and O–H groups in total. The van der Waals surface area contributed by atoms with Crippen molar-refractivity contribution in [1.29, 1.82) is 0 Å². The monoisotopic (exact) mass is 249 g/mol. The number of esters is 1. The Balaban J connectivity index is 2.49. The van der Waals surface area contributed by atoms with Crippen LogP contribution < -0.4 is 0 Å². The predicted molar refractivity (Wildman–Crippen MR) is 50.5 cm³/mol. The molecule has 0 aromatic heterocycles. The van der Waals surface area contributed by atoms with Gasteiger partial charge in [-0.2, -0.15) is 0 Å². The van der Waals surface area contributed by atoms with E-state index in [1.807, 2.05) is 0 Å². The predicted octanol–water partition coefficient (Wildman–Crippen LogP) is 0.545. The quantitative estimate of drug-likeness (QED) is 0.531. The van der Waals surface area contributed by atoms with E-state index in [2.05, 4.69) is 20.7 Å². The fourth-order valence-corrected chi connectivity index (χ4v) is 1.88. The molecule has 1 amide bonds. The molecule has 74 valence electrons. The summed E-state index contributed by atoms with van der Waals surface area (Å²) in [6, 6.07) is 0. The van der Waals surface area contributed by atoms with E-state index in [1.165, 1.54) is 12.0 Å². The van der Waals surface area contributed by atoms with Gasteiger partial charge in [0, 0.05) is 6.54 Å². The third kappa shape index (κ3) is 2.69. The number of alkyl halides is 1. The van der Waals surface area contributed by atoms with Crippen molar-refractivity contribution in [2.24, 2.45) is 0 Å². The van der Waals surface area contributed by atoms with Crippen molar-refractivity contribution >= 4 is 27.8 Å². The van der Waals surface area contributed by atoms with E-state index in [9.17, 15) is 9.59 Å². The standard InChI is InChI=1S/C8H12BrNO3/c1-13-7(11)5-10-4-2-3-6(9)8(10)12/h6H,2-5H2,1H3. The van der Waals surface area contributed by atoms with Crippen LogP contribution in [0.3, 0.4) is 0 Å². The zero-order chi connectivity index (χ0) is 9.84. The van der Waals surface area contributed by atoms with Gasteiger partial charge in [0.25, 0.3) is 0 Å². The molecule has 1 atom stereocenters. The van der Waals surface area contributed by atoms with Crippen molar-refractivity contribution in [3.8, 4) is 0 Å². The fraction of sp³-hybridized carbons (Fsp3) is 0.750. The van der Waals surface area contributed by atoms with Gasteiger partial charge in [0.2, 0.25) is 5.91 Å². The molecular weight excluding hydrogens is 238 g/mol. The highest BCUT2D eigenvalue weighted by atomic mass is 79.9. The molecule has 1 heterocycles. The molecule has 4 nitrogen and oxygen atoms in total. The number of halogens is 1. The summed E-state index contributed by atoms with van der Waals surface area (Å²) in [5.41, 5.74) is 0. The number of hydrogen-bond acceptors (Lipinski definition) is 3. The maximum absolute atomic E-state index is 11.4. The van der Waals surface area contributed by atoms with Gasteiger partial charge >= 0.3 is 5.97 Å². The van der Waals surface area contributed by atoms with E-state index in [0.717, 1.165) is 12.8 Å². The Morgan fingerprint density at radius 2 is 2.46 bits per heavy atom. The normalized spacial score (nSPS) is 23.1. The van der Waals surface area contributed by atoms with Gasteiger partial charge in [0.15, 0.2) is 0 Å². The number of amides is 1. The number of hydrogen-bond donors (Lipinski definition) is 0. The molecule has 1 fully saturated rings. The lowest BCUT2D eigenvalue weighted by atomic mass is 10.1. The summed E-state index contributed by atoms with van der Waals surface area (Å²) in [6.07, 6.45) is 1.77. The summed E-state index contributed by atoms with van der Waals surface area (Å²) in [6.45, 7) is 0.716. The average Bonchev–Trinajstić information content (AvgIpc) is 2.13. The van der Waals surface area contributed by atoms with Gasteiger partial charge in [-0.15, -0.1) is 0 Å². The Labute approximate surface area is 85.4 Å². The number of methoxy groups -OCH3 is 1. The van der Waals surface area contributed by atoms with Gasteiger partial charge in [0.05, 0.1) is 11.9 Å². The lowest BCUT2D eigenvalue weighted by Gasteiger charge is -2.28. The van der Waals surface area contributed by atoms with Gasteiger partial charge in [-0.25, -0.2) is 0 Å². The Hall–Kier alpha value is -0.580. The van der Waals surface area contributed by atoms with Gasteiger partial charge in [0.1, 0.15) is 6.54 Å². The molecule has 0 aromatic carbocycles. The van der Waals surface area contributed by atoms with Crippen molar-refractivity contribution in [3.63, 3.8) is 0 Å². The first-order valence-corrected chi connectivity index (χ1v) is 5.06. The molecule has 0 radical (unpaired) electrons. The number of piperidine rings is 1. The molecule has 1 unspecified atom stereocenters. The molecule has 1 aliphatic rings. The Kier molecular flexibility index (Phi) is 3.71. The van der Waals surface area contributed by atoms with Crippen LogP contribution in [0, 0.1) is 0 Å². The first-order valence-electron chi connectivity index (χ1n) is 4.15. The van der Waals surface area contributed by atoms with Gasteiger partial charge in [-0.05, 0) is 12.8 Å². The highest BCUT2D eigenvalue weighted by Gasteiger charge is 2.27. The molecule has 0 saturated carbocycles. The SMILES string of the molecule is COC(=O)CN1CCCC(Br)C1=O. The van der Waals surface area contributed by atoms with Crippen LogP contribution >= 0.6 is 15.9 Å².